The first-order valence-corrected chi connectivity index (χ1v) is 13.2. The van der Waals surface area contributed by atoms with Gasteiger partial charge in [0.25, 0.3) is 17.6 Å². The van der Waals surface area contributed by atoms with E-state index < -0.39 is 17.2 Å². The van der Waals surface area contributed by atoms with Crippen molar-refractivity contribution in [1.29, 1.82) is 0 Å². The van der Waals surface area contributed by atoms with Crippen LogP contribution in [0, 0.1) is 0 Å². The van der Waals surface area contributed by atoms with Crippen molar-refractivity contribution in [2.45, 2.75) is 38.8 Å². The summed E-state index contributed by atoms with van der Waals surface area (Å²) in [4.78, 5) is 49.6. The number of benzene rings is 1. The summed E-state index contributed by atoms with van der Waals surface area (Å²) in [5.74, 6) is -1.21. The Kier molecular flexibility index (Phi) is 6.46. The molecule has 9 heteroatoms. The summed E-state index contributed by atoms with van der Waals surface area (Å²) < 4.78 is 0. The van der Waals surface area contributed by atoms with Crippen molar-refractivity contribution in [2.24, 2.45) is 0 Å². The van der Waals surface area contributed by atoms with Crippen LogP contribution >= 0.6 is 22.9 Å². The van der Waals surface area contributed by atoms with Crippen molar-refractivity contribution in [3.8, 4) is 0 Å². The highest BCUT2D eigenvalue weighted by atomic mass is 35.5. The van der Waals surface area contributed by atoms with Gasteiger partial charge in [-0.3, -0.25) is 19.3 Å². The Morgan fingerprint density at radius 1 is 1.09 bits per heavy atom. The van der Waals surface area contributed by atoms with E-state index in [4.69, 9.17) is 11.6 Å². The minimum Gasteiger partial charge on any atom is -0.360 e. The molecule has 0 unspecified atom stereocenters. The molecule has 3 aromatic rings. The minimum absolute atomic E-state index is 0.164. The number of halogens is 1. The monoisotopic (exact) mass is 512 g/mol. The smallest absolute Gasteiger partial charge is 0.295 e. The fourth-order valence-electron chi connectivity index (χ4n) is 5.21. The molecule has 2 aliphatic heterocycles. The highest BCUT2D eigenvalue weighted by molar-refractivity contribution is 7.09. The van der Waals surface area contributed by atoms with Gasteiger partial charge in [-0.2, -0.15) is 0 Å². The summed E-state index contributed by atoms with van der Waals surface area (Å²) in [5, 5.41) is 2.95. The molecule has 35 heavy (non-hydrogen) atoms. The Bertz CT molecular complexity index is 1280. The Balaban J connectivity index is 1.39. The van der Waals surface area contributed by atoms with Crippen molar-refractivity contribution in [2.75, 3.05) is 32.7 Å². The highest BCUT2D eigenvalue weighted by Gasteiger charge is 2.38. The maximum Gasteiger partial charge on any atom is 0.295 e. The Labute approximate surface area is 213 Å². The maximum atomic E-state index is 13.7. The average Bonchev–Trinajstić information content (AvgIpc) is 3.58. The van der Waals surface area contributed by atoms with Crippen molar-refractivity contribution < 1.29 is 14.4 Å². The van der Waals surface area contributed by atoms with Crippen LogP contribution in [0.1, 0.15) is 52.3 Å². The van der Waals surface area contributed by atoms with Gasteiger partial charge >= 0.3 is 0 Å². The van der Waals surface area contributed by atoms with Crippen LogP contribution in [0.4, 0.5) is 0 Å². The van der Waals surface area contributed by atoms with Gasteiger partial charge in [-0.05, 0) is 50.3 Å². The summed E-state index contributed by atoms with van der Waals surface area (Å²) >= 11 is 8.29. The molecule has 0 radical (unpaired) electrons. The number of hydrogen-bond acceptors (Lipinski definition) is 5. The summed E-state index contributed by atoms with van der Waals surface area (Å²) in [7, 11) is 0. The number of nitrogens with one attached hydrogen (secondary N) is 1. The lowest BCUT2D eigenvalue weighted by Crippen LogP contribution is -2.60. The zero-order valence-electron chi connectivity index (χ0n) is 20.0. The van der Waals surface area contributed by atoms with Gasteiger partial charge in [0.15, 0.2) is 0 Å². The number of likely N-dealkylation sites (tertiary alicyclic amines) is 1. The van der Waals surface area contributed by atoms with Crippen LogP contribution in [0.3, 0.4) is 0 Å². The molecular weight excluding hydrogens is 484 g/mol. The van der Waals surface area contributed by atoms with E-state index in [-0.39, 0.29) is 11.5 Å². The number of rotatable bonds is 5. The molecule has 0 atom stereocenters. The van der Waals surface area contributed by atoms with Gasteiger partial charge in [-0.15, -0.1) is 11.3 Å². The second-order valence-electron chi connectivity index (χ2n) is 9.97. The second-order valence-corrected chi connectivity index (χ2v) is 11.4. The molecule has 2 fully saturated rings. The molecule has 2 aromatic heterocycles. The predicted octanol–water partition coefficient (Wildman–Crippen LogP) is 4.42. The van der Waals surface area contributed by atoms with Crippen molar-refractivity contribution in [1.82, 2.24) is 19.7 Å². The van der Waals surface area contributed by atoms with Crippen LogP contribution in [0.2, 0.25) is 5.02 Å². The van der Waals surface area contributed by atoms with Crippen LogP contribution in [-0.4, -0.2) is 75.5 Å². The quantitative estimate of drug-likeness (QED) is 0.405. The van der Waals surface area contributed by atoms with Crippen molar-refractivity contribution >= 4 is 51.4 Å². The fourth-order valence-corrected chi connectivity index (χ4v) is 6.20. The van der Waals surface area contributed by atoms with Gasteiger partial charge in [0.2, 0.25) is 0 Å². The van der Waals surface area contributed by atoms with Gasteiger partial charge in [0.1, 0.15) is 0 Å². The number of carbonyl (C=O) groups excluding carboxylic acids is 3. The molecule has 2 aliphatic rings. The number of hydrogen-bond donors (Lipinski definition) is 1. The highest BCUT2D eigenvalue weighted by Crippen LogP contribution is 2.31. The summed E-state index contributed by atoms with van der Waals surface area (Å²) in [6.07, 6.45) is 3.37. The normalized spacial score (nSPS) is 18.4. The van der Waals surface area contributed by atoms with Gasteiger partial charge in [-0.1, -0.05) is 17.7 Å². The molecule has 2 saturated heterocycles. The van der Waals surface area contributed by atoms with Crippen LogP contribution in [0.25, 0.3) is 10.9 Å². The summed E-state index contributed by atoms with van der Waals surface area (Å²) in [5.41, 5.74) is 0.862. The molecule has 0 spiro atoms. The van der Waals surface area contributed by atoms with Crippen molar-refractivity contribution in [3.05, 3.63) is 56.9 Å². The lowest BCUT2D eigenvalue weighted by atomic mass is 9.96. The van der Waals surface area contributed by atoms with E-state index in [9.17, 15) is 14.4 Å². The van der Waals surface area contributed by atoms with E-state index in [0.717, 1.165) is 32.5 Å². The SMILES string of the molecule is CC1(C)CN(Cc2cccs2)CCN1C(=O)c1cc2c(C(=O)C(=O)N3CCCC3)c[nH]c2cc1Cl. The van der Waals surface area contributed by atoms with E-state index in [1.165, 1.54) is 4.88 Å². The van der Waals surface area contributed by atoms with E-state index >= 15 is 0 Å². The van der Waals surface area contributed by atoms with Crippen LogP contribution < -0.4 is 0 Å². The zero-order valence-corrected chi connectivity index (χ0v) is 21.5. The Morgan fingerprint density at radius 2 is 1.86 bits per heavy atom. The third-order valence-corrected chi connectivity index (χ3v) is 8.19. The number of carbonyl (C=O) groups is 3. The molecule has 2 amide bonds. The minimum atomic E-state index is -0.554. The topological polar surface area (TPSA) is 76.7 Å². The van der Waals surface area contributed by atoms with E-state index in [2.05, 4.69) is 41.2 Å². The number of H-pyrrole nitrogens is 1. The van der Waals surface area contributed by atoms with E-state index in [1.807, 2.05) is 4.90 Å². The summed E-state index contributed by atoms with van der Waals surface area (Å²) in [6, 6.07) is 7.52. The maximum absolute atomic E-state index is 13.7. The van der Waals surface area contributed by atoms with Gasteiger partial charge in [0.05, 0.1) is 21.7 Å². The van der Waals surface area contributed by atoms with Gasteiger partial charge in [-0.25, -0.2) is 0 Å². The number of ketones is 1. The van der Waals surface area contributed by atoms with E-state index in [0.29, 0.717) is 41.1 Å². The third-order valence-electron chi connectivity index (χ3n) is 7.02. The molecule has 0 saturated carbocycles. The largest absolute Gasteiger partial charge is 0.360 e. The molecule has 1 aromatic carbocycles. The van der Waals surface area contributed by atoms with Gasteiger partial charge in [0, 0.05) is 61.2 Å². The van der Waals surface area contributed by atoms with Crippen LogP contribution in [-0.2, 0) is 11.3 Å². The lowest BCUT2D eigenvalue weighted by Gasteiger charge is -2.47. The number of amides is 2. The first-order chi connectivity index (χ1) is 16.7. The molecule has 0 aliphatic carbocycles. The molecule has 4 heterocycles. The van der Waals surface area contributed by atoms with E-state index in [1.54, 1.807) is 34.6 Å². The second kappa shape index (κ2) is 9.41. The molecular formula is C26H29ClN4O3S. The average molecular weight is 513 g/mol. The number of aromatic nitrogens is 1. The van der Waals surface area contributed by atoms with Crippen LogP contribution in [0.15, 0.2) is 35.8 Å². The molecule has 5 rings (SSSR count). The zero-order chi connectivity index (χ0) is 24.7. The van der Waals surface area contributed by atoms with Gasteiger partial charge < -0.3 is 14.8 Å². The molecule has 7 nitrogen and oxygen atoms in total. The first-order valence-electron chi connectivity index (χ1n) is 12.0. The standard InChI is InChI=1S/C26H29ClN4O3S/c1-26(2)16-29(15-17-6-5-11-35-17)9-10-31(26)24(33)19-12-18-20(14-28-22(18)13-21(19)27)23(32)25(34)30-7-3-4-8-30/h5-6,11-14,28H,3-4,7-10,15-16H2,1-2H3. The number of nitrogens with zero attached hydrogens (tertiary/aromatic N) is 3. The lowest BCUT2D eigenvalue weighted by molar-refractivity contribution is -0.125. The molecule has 0 bridgehead atoms. The van der Waals surface area contributed by atoms with Crippen LogP contribution in [0.5, 0.6) is 0 Å². The fraction of sp³-hybridized carbons (Fsp3) is 0.423. The number of fused-ring (bicyclic) bond motifs is 1. The Hall–Kier alpha value is -2.68. The first kappa shape index (κ1) is 24.0. The Morgan fingerprint density at radius 3 is 2.54 bits per heavy atom. The molecule has 184 valence electrons. The number of thiophene rings is 1. The van der Waals surface area contributed by atoms with Crippen molar-refractivity contribution in [3.63, 3.8) is 0 Å². The summed E-state index contributed by atoms with van der Waals surface area (Å²) in [6.45, 7) is 8.31. The number of aromatic amines is 1. The third kappa shape index (κ3) is 4.62. The predicted molar refractivity (Wildman–Crippen MR) is 138 cm³/mol. The number of Topliss-reactive ketones (excluding diaryl/α,β-unsaturated/α-hetero) is 1. The number of piperazine rings is 1. The molecule has 1 N–H and O–H groups in total.